The molecular weight excluding hydrogens is 810 g/mol. The summed E-state index contributed by atoms with van der Waals surface area (Å²) in [5, 5.41) is 19.0. The van der Waals surface area contributed by atoms with E-state index >= 15 is 0 Å². The van der Waals surface area contributed by atoms with Crippen LogP contribution in [-0.4, -0.2) is 83.5 Å². The van der Waals surface area contributed by atoms with Gasteiger partial charge in [0.25, 0.3) is 11.6 Å². The van der Waals surface area contributed by atoms with Gasteiger partial charge < -0.3 is 24.7 Å². The smallest absolute Gasteiger partial charge is 0.293 e. The number of carbonyl (C=O) groups excluding carboxylic acids is 1. The first-order valence-corrected chi connectivity index (χ1v) is 22.8. The van der Waals surface area contributed by atoms with Gasteiger partial charge in [-0.05, 0) is 115 Å². The van der Waals surface area contributed by atoms with Crippen molar-refractivity contribution in [2.75, 3.05) is 62.7 Å². The molecule has 0 spiro atoms. The van der Waals surface area contributed by atoms with Crippen molar-refractivity contribution in [3.8, 4) is 11.5 Å². The lowest BCUT2D eigenvalue weighted by atomic mass is 9.72. The summed E-state index contributed by atoms with van der Waals surface area (Å²) in [6.45, 7) is 13.0. The molecule has 8 rings (SSSR count). The van der Waals surface area contributed by atoms with Gasteiger partial charge in [0.1, 0.15) is 22.8 Å². The highest BCUT2D eigenvalue weighted by molar-refractivity contribution is 8.13. The first kappa shape index (κ1) is 42.5. The van der Waals surface area contributed by atoms with Crippen LogP contribution in [0, 0.1) is 21.4 Å². The quantitative estimate of drug-likeness (QED) is 0.0600. The van der Waals surface area contributed by atoms with Crippen molar-refractivity contribution in [2.24, 2.45) is 11.3 Å². The van der Waals surface area contributed by atoms with Crippen molar-refractivity contribution in [1.29, 1.82) is 0 Å². The normalized spacial score (nSPS) is 18.0. The number of nitro benzene ring substituents is 1. The Morgan fingerprint density at radius 2 is 1.85 bits per heavy atom. The zero-order valence-electron chi connectivity index (χ0n) is 35.0. The van der Waals surface area contributed by atoms with Gasteiger partial charge in [0.2, 0.25) is 0 Å². The Labute approximate surface area is 364 Å². The zero-order valence-corrected chi connectivity index (χ0v) is 36.6. The number of fused-ring (bicyclic) bond motifs is 1. The molecule has 3 N–H and O–H groups in total. The molecule has 1 aliphatic carbocycles. The summed E-state index contributed by atoms with van der Waals surface area (Å²) in [7, 11) is -0.945. The number of pyridine rings is 1. The third-order valence-electron chi connectivity index (χ3n) is 12.1. The third kappa shape index (κ3) is 10.3. The number of anilines is 2. The number of nitrogens with one attached hydrogen (secondary N) is 3. The minimum Gasteiger partial charge on any atom is -0.455 e. The average molecular weight is 865 g/mol. The molecule has 2 fully saturated rings. The number of allylic oxidation sites excluding steroid dienone is 1. The predicted molar refractivity (Wildman–Crippen MR) is 247 cm³/mol. The Kier molecular flexibility index (Phi) is 13.1. The molecular formula is C47H54ClN7O5S. The van der Waals surface area contributed by atoms with Crippen molar-refractivity contribution in [2.45, 2.75) is 57.8 Å². The monoisotopic (exact) mass is 863 g/mol. The van der Waals surface area contributed by atoms with Crippen LogP contribution in [0.15, 0.2) is 95.7 Å². The fraction of sp³-hybridized carbons (Fsp3) is 0.383. The van der Waals surface area contributed by atoms with Gasteiger partial charge in [-0.15, -0.1) is 0 Å². The van der Waals surface area contributed by atoms with E-state index in [0.717, 1.165) is 80.2 Å². The van der Waals surface area contributed by atoms with Crippen LogP contribution in [-0.2, 0) is 4.74 Å². The average Bonchev–Trinajstić information content (AvgIpc) is 3.74. The maximum atomic E-state index is 14.2. The molecule has 2 saturated heterocycles. The highest BCUT2D eigenvalue weighted by atomic mass is 35.5. The lowest BCUT2D eigenvalue weighted by Gasteiger charge is -2.39. The number of amides is 1. The number of aromatic amines is 1. The number of ether oxygens (including phenoxy) is 2. The molecule has 1 unspecified atom stereocenters. The van der Waals surface area contributed by atoms with Gasteiger partial charge in [-0.1, -0.05) is 53.8 Å². The summed E-state index contributed by atoms with van der Waals surface area (Å²) in [6, 6.07) is 23.0. The second-order valence-corrected chi connectivity index (χ2v) is 19.2. The number of rotatable bonds is 13. The number of nitro groups is 1. The van der Waals surface area contributed by atoms with Crippen LogP contribution >= 0.6 is 22.3 Å². The van der Waals surface area contributed by atoms with E-state index in [2.05, 4.69) is 55.8 Å². The minimum atomic E-state index is -0.945. The first-order valence-electron chi connectivity index (χ1n) is 21.1. The Morgan fingerprint density at radius 1 is 1.07 bits per heavy atom. The van der Waals surface area contributed by atoms with Gasteiger partial charge in [0, 0.05) is 91.8 Å². The van der Waals surface area contributed by atoms with Crippen LogP contribution in [0.2, 0.25) is 5.02 Å². The van der Waals surface area contributed by atoms with Gasteiger partial charge in [-0.25, -0.2) is 4.98 Å². The number of aromatic nitrogens is 2. The maximum Gasteiger partial charge on any atom is 0.293 e. The molecule has 14 heteroatoms. The molecule has 1 amide bonds. The molecule has 4 heterocycles. The molecule has 0 radical (unpaired) electrons. The Hall–Kier alpha value is -5.21. The summed E-state index contributed by atoms with van der Waals surface area (Å²) in [4.78, 5) is 39.3. The molecule has 5 aromatic rings. The summed E-state index contributed by atoms with van der Waals surface area (Å²) in [5.41, 5.74) is 6.99. The van der Waals surface area contributed by atoms with Crippen LogP contribution in [0.5, 0.6) is 11.5 Å². The van der Waals surface area contributed by atoms with E-state index in [1.807, 2.05) is 67.0 Å². The molecule has 0 bridgehead atoms. The lowest BCUT2D eigenvalue weighted by Crippen LogP contribution is -2.47. The second-order valence-electron chi connectivity index (χ2n) is 16.9. The number of hydrogen-bond donors (Lipinski definition) is 3. The van der Waals surface area contributed by atoms with Crippen LogP contribution in [0.25, 0.3) is 16.6 Å². The number of piperazine rings is 1. The highest BCUT2D eigenvalue weighted by Gasteiger charge is 2.30. The topological polar surface area (TPSA) is 138 Å². The van der Waals surface area contributed by atoms with Crippen LogP contribution in [0.1, 0.15) is 68.8 Å². The second kappa shape index (κ2) is 18.8. The lowest BCUT2D eigenvalue weighted by molar-refractivity contribution is -0.384. The summed E-state index contributed by atoms with van der Waals surface area (Å²) < 4.78 is 15.1. The van der Waals surface area contributed by atoms with E-state index in [9.17, 15) is 14.9 Å². The number of carbonyl (C=O) groups is 1. The molecule has 2 aromatic heterocycles. The Morgan fingerprint density at radius 3 is 2.61 bits per heavy atom. The Balaban J connectivity index is 1.000. The van der Waals surface area contributed by atoms with Crippen LogP contribution < -0.4 is 19.7 Å². The zero-order chi connectivity index (χ0) is 42.5. The van der Waals surface area contributed by atoms with E-state index in [1.54, 1.807) is 18.3 Å². The van der Waals surface area contributed by atoms with Crippen molar-refractivity contribution in [1.82, 2.24) is 19.6 Å². The van der Waals surface area contributed by atoms with Gasteiger partial charge in [0.15, 0.2) is 0 Å². The van der Waals surface area contributed by atoms with Crippen molar-refractivity contribution < 1.29 is 19.2 Å². The number of halogens is 1. The van der Waals surface area contributed by atoms with Crippen molar-refractivity contribution in [3.63, 3.8) is 0 Å². The standard InChI is InChI=1S/C47H54ClN7O5S/c1-4-61(39-10-12-42(43(27-39)55(57)58)50-29-32-15-23-59-24-16-32)52-46(56)40-11-9-37(26-44(40)60-38-25-34-14-18-49-45(34)51-30-38)54-21-19-53(20-22-54)31-35-13-17-47(2,3)28-41(35)33-5-7-36(48)8-6-33/h4-12,14,18,25-27,30,32,50H,13,15-17,19-24,28-29,31H2,1-3H3,(H,49,51)(H,52,56). The number of nitrogens with zero attached hydrogens (tertiary/aromatic N) is 4. The van der Waals surface area contributed by atoms with Gasteiger partial charge in [0.05, 0.1) is 16.7 Å². The molecule has 2 aliphatic heterocycles. The summed E-state index contributed by atoms with van der Waals surface area (Å²) in [6.07, 6.45) is 8.63. The number of benzene rings is 3. The SMILES string of the molecule is C/C=S(/NC(=O)c1ccc(N2CCN(CC3=C(c4ccc(Cl)cc4)CC(C)(C)CC3)CC2)cc1Oc1cnc2[nH]ccc2c1)c1ccc(NCC2CCOCC2)c([N+](=O)[O-])c1. The van der Waals surface area contributed by atoms with E-state index in [-0.39, 0.29) is 21.9 Å². The third-order valence-corrected chi connectivity index (χ3v) is 14.0. The molecule has 3 aliphatic rings. The molecule has 0 saturated carbocycles. The molecule has 61 heavy (non-hydrogen) atoms. The highest BCUT2D eigenvalue weighted by Crippen LogP contribution is 2.44. The van der Waals surface area contributed by atoms with Crippen LogP contribution in [0.4, 0.5) is 17.1 Å². The van der Waals surface area contributed by atoms with E-state index in [1.165, 1.54) is 23.1 Å². The minimum absolute atomic E-state index is 0.0271. The molecule has 1 atom stereocenters. The molecule has 3 aromatic carbocycles. The fourth-order valence-electron chi connectivity index (χ4n) is 8.54. The maximum absolute atomic E-state index is 14.2. The fourth-order valence-corrected chi connectivity index (χ4v) is 9.94. The van der Waals surface area contributed by atoms with Crippen molar-refractivity contribution in [3.05, 3.63) is 117 Å². The summed E-state index contributed by atoms with van der Waals surface area (Å²) in [5.74, 6) is 0.943. The van der Waals surface area contributed by atoms with Crippen molar-refractivity contribution >= 4 is 67.2 Å². The van der Waals surface area contributed by atoms with Gasteiger partial charge in [-0.3, -0.25) is 24.5 Å². The largest absolute Gasteiger partial charge is 0.455 e. The van der Waals surface area contributed by atoms with E-state index in [4.69, 9.17) is 21.1 Å². The first-order chi connectivity index (χ1) is 29.5. The summed E-state index contributed by atoms with van der Waals surface area (Å²) >= 11 is 6.26. The van der Waals surface area contributed by atoms with E-state index in [0.29, 0.717) is 53.3 Å². The molecule has 320 valence electrons. The number of H-pyrrole nitrogens is 1. The number of hydrogen-bond acceptors (Lipinski definition) is 9. The van der Waals surface area contributed by atoms with Gasteiger partial charge in [-0.2, -0.15) is 0 Å². The van der Waals surface area contributed by atoms with Gasteiger partial charge >= 0.3 is 0 Å². The Bertz CT molecular complexity index is 2450. The predicted octanol–water partition coefficient (Wildman–Crippen LogP) is 10.3. The molecule has 12 nitrogen and oxygen atoms in total. The van der Waals surface area contributed by atoms with E-state index < -0.39 is 10.7 Å². The van der Waals surface area contributed by atoms with Crippen LogP contribution in [0.3, 0.4) is 0 Å².